The third-order valence-corrected chi connectivity index (χ3v) is 4.49. The van der Waals surface area contributed by atoms with Crippen LogP contribution in [0, 0.1) is 11.3 Å². The maximum absolute atomic E-state index is 12.4. The second kappa shape index (κ2) is 8.47. The van der Waals surface area contributed by atoms with Gasteiger partial charge in [-0.3, -0.25) is 14.5 Å². The molecule has 1 aliphatic heterocycles. The summed E-state index contributed by atoms with van der Waals surface area (Å²) in [4.78, 5) is 26.1. The molecular formula is C21H21N3O3. The first kappa shape index (κ1) is 18.6. The standard InChI is InChI=1S/C21H21N3O3/c1-2-27-20(25)14-24-10-9-16-7-8-19(11-18(16)13-24)23-21(26)17-5-3-15(12-22)4-6-17/h3-8,11H,2,9-10,13-14H2,1H3,(H,23,26). The molecule has 0 aromatic heterocycles. The fourth-order valence-corrected chi connectivity index (χ4v) is 3.12. The first-order valence-corrected chi connectivity index (χ1v) is 8.90. The fourth-order valence-electron chi connectivity index (χ4n) is 3.12. The molecule has 1 N–H and O–H groups in total. The van der Waals surface area contributed by atoms with Crippen LogP contribution in [-0.2, 0) is 22.5 Å². The van der Waals surface area contributed by atoms with E-state index in [1.54, 1.807) is 31.2 Å². The van der Waals surface area contributed by atoms with Crippen molar-refractivity contribution >= 4 is 17.6 Å². The molecule has 0 saturated heterocycles. The summed E-state index contributed by atoms with van der Waals surface area (Å²) < 4.78 is 5.02. The van der Waals surface area contributed by atoms with E-state index in [1.807, 2.05) is 29.2 Å². The highest BCUT2D eigenvalue weighted by Gasteiger charge is 2.19. The number of esters is 1. The molecule has 2 aromatic carbocycles. The number of nitrogens with one attached hydrogen (secondary N) is 1. The van der Waals surface area contributed by atoms with Crippen LogP contribution in [0.1, 0.15) is 34.0 Å². The maximum atomic E-state index is 12.4. The maximum Gasteiger partial charge on any atom is 0.320 e. The van der Waals surface area contributed by atoms with Gasteiger partial charge < -0.3 is 10.1 Å². The lowest BCUT2D eigenvalue weighted by Crippen LogP contribution is -2.35. The van der Waals surface area contributed by atoms with Gasteiger partial charge in [-0.1, -0.05) is 6.07 Å². The molecule has 0 aliphatic carbocycles. The van der Waals surface area contributed by atoms with Crippen LogP contribution in [0.3, 0.4) is 0 Å². The first-order chi connectivity index (χ1) is 13.1. The predicted octanol–water partition coefficient (Wildman–Crippen LogP) is 2.73. The van der Waals surface area contributed by atoms with Crippen molar-refractivity contribution in [1.29, 1.82) is 5.26 Å². The van der Waals surface area contributed by atoms with E-state index in [0.717, 1.165) is 18.5 Å². The van der Waals surface area contributed by atoms with Gasteiger partial charge >= 0.3 is 5.97 Å². The van der Waals surface area contributed by atoms with Crippen LogP contribution in [0.5, 0.6) is 0 Å². The fraction of sp³-hybridized carbons (Fsp3) is 0.286. The Morgan fingerprint density at radius 1 is 1.19 bits per heavy atom. The zero-order valence-electron chi connectivity index (χ0n) is 15.2. The molecule has 6 heteroatoms. The molecule has 0 radical (unpaired) electrons. The minimum absolute atomic E-state index is 0.216. The molecule has 0 saturated carbocycles. The lowest BCUT2D eigenvalue weighted by molar-refractivity contribution is -0.144. The van der Waals surface area contributed by atoms with Gasteiger partial charge in [0, 0.05) is 24.3 Å². The Hall–Kier alpha value is -3.17. The summed E-state index contributed by atoms with van der Waals surface area (Å²) in [6, 6.07) is 14.4. The molecule has 1 aliphatic rings. The Morgan fingerprint density at radius 2 is 1.96 bits per heavy atom. The number of amides is 1. The summed E-state index contributed by atoms with van der Waals surface area (Å²) in [5, 5.41) is 11.7. The van der Waals surface area contributed by atoms with Crippen LogP contribution >= 0.6 is 0 Å². The monoisotopic (exact) mass is 363 g/mol. The van der Waals surface area contributed by atoms with Gasteiger partial charge in [0.1, 0.15) is 0 Å². The van der Waals surface area contributed by atoms with E-state index in [0.29, 0.717) is 30.0 Å². The Kier molecular flexibility index (Phi) is 5.84. The van der Waals surface area contributed by atoms with Crippen molar-refractivity contribution in [2.45, 2.75) is 19.9 Å². The van der Waals surface area contributed by atoms with Crippen molar-refractivity contribution in [3.05, 3.63) is 64.7 Å². The summed E-state index contributed by atoms with van der Waals surface area (Å²) >= 11 is 0. The Balaban J connectivity index is 1.67. The van der Waals surface area contributed by atoms with Crippen LogP contribution in [0.25, 0.3) is 0 Å². The van der Waals surface area contributed by atoms with Crippen LogP contribution < -0.4 is 5.32 Å². The predicted molar refractivity (Wildman–Crippen MR) is 101 cm³/mol. The molecule has 0 bridgehead atoms. The quantitative estimate of drug-likeness (QED) is 0.826. The van der Waals surface area contributed by atoms with Gasteiger partial charge in [0.2, 0.25) is 0 Å². The third-order valence-electron chi connectivity index (χ3n) is 4.49. The largest absolute Gasteiger partial charge is 0.465 e. The number of benzene rings is 2. The average molecular weight is 363 g/mol. The number of fused-ring (bicyclic) bond motifs is 1. The summed E-state index contributed by atoms with van der Waals surface area (Å²) in [6.45, 7) is 3.91. The summed E-state index contributed by atoms with van der Waals surface area (Å²) in [5.74, 6) is -0.440. The lowest BCUT2D eigenvalue weighted by atomic mass is 9.99. The Morgan fingerprint density at radius 3 is 2.67 bits per heavy atom. The van der Waals surface area contributed by atoms with Crippen molar-refractivity contribution in [3.63, 3.8) is 0 Å². The molecule has 27 heavy (non-hydrogen) atoms. The molecule has 138 valence electrons. The van der Waals surface area contributed by atoms with E-state index >= 15 is 0 Å². The summed E-state index contributed by atoms with van der Waals surface area (Å²) in [6.07, 6.45) is 0.860. The minimum Gasteiger partial charge on any atom is -0.465 e. The van der Waals surface area contributed by atoms with Gasteiger partial charge in [-0.2, -0.15) is 5.26 Å². The highest BCUT2D eigenvalue weighted by molar-refractivity contribution is 6.04. The van der Waals surface area contributed by atoms with Crippen molar-refractivity contribution in [2.75, 3.05) is 25.0 Å². The zero-order valence-corrected chi connectivity index (χ0v) is 15.2. The molecule has 3 rings (SSSR count). The number of carbonyl (C=O) groups is 2. The smallest absolute Gasteiger partial charge is 0.320 e. The summed E-state index contributed by atoms with van der Waals surface area (Å²) in [7, 11) is 0. The number of nitriles is 1. The van der Waals surface area contributed by atoms with Gasteiger partial charge in [-0.15, -0.1) is 0 Å². The Bertz CT molecular complexity index is 885. The van der Waals surface area contributed by atoms with Crippen LogP contribution in [0.2, 0.25) is 0 Å². The van der Waals surface area contributed by atoms with E-state index in [4.69, 9.17) is 10.00 Å². The van der Waals surface area contributed by atoms with Gasteiger partial charge in [-0.25, -0.2) is 0 Å². The number of hydrogen-bond acceptors (Lipinski definition) is 5. The molecule has 1 amide bonds. The number of nitrogens with zero attached hydrogens (tertiary/aromatic N) is 2. The van der Waals surface area contributed by atoms with E-state index in [-0.39, 0.29) is 18.4 Å². The second-order valence-corrected chi connectivity index (χ2v) is 6.39. The van der Waals surface area contributed by atoms with Crippen molar-refractivity contribution in [2.24, 2.45) is 0 Å². The molecule has 0 unspecified atom stereocenters. The molecular weight excluding hydrogens is 342 g/mol. The van der Waals surface area contributed by atoms with Gasteiger partial charge in [0.25, 0.3) is 5.91 Å². The molecule has 2 aromatic rings. The Labute approximate surface area is 158 Å². The SMILES string of the molecule is CCOC(=O)CN1CCc2ccc(NC(=O)c3ccc(C#N)cc3)cc2C1. The van der Waals surface area contributed by atoms with Crippen molar-refractivity contribution in [1.82, 2.24) is 4.90 Å². The van der Waals surface area contributed by atoms with Crippen LogP contribution in [0.4, 0.5) is 5.69 Å². The normalized spacial score (nSPS) is 13.3. The second-order valence-electron chi connectivity index (χ2n) is 6.39. The number of ether oxygens (including phenoxy) is 1. The molecule has 0 spiro atoms. The highest BCUT2D eigenvalue weighted by atomic mass is 16.5. The van der Waals surface area contributed by atoms with Gasteiger partial charge in [0.05, 0.1) is 24.8 Å². The lowest BCUT2D eigenvalue weighted by Gasteiger charge is -2.28. The zero-order chi connectivity index (χ0) is 19.2. The number of anilines is 1. The van der Waals surface area contributed by atoms with Crippen LogP contribution in [-0.4, -0.2) is 36.5 Å². The highest BCUT2D eigenvalue weighted by Crippen LogP contribution is 2.23. The molecule has 0 atom stereocenters. The van der Waals surface area contributed by atoms with E-state index < -0.39 is 0 Å². The van der Waals surface area contributed by atoms with Crippen LogP contribution in [0.15, 0.2) is 42.5 Å². The van der Waals surface area contributed by atoms with Gasteiger partial charge in [-0.05, 0) is 60.9 Å². The average Bonchev–Trinajstić information content (AvgIpc) is 2.68. The third kappa shape index (κ3) is 4.72. The van der Waals surface area contributed by atoms with E-state index in [1.165, 1.54) is 5.56 Å². The molecule has 1 heterocycles. The number of rotatable bonds is 5. The van der Waals surface area contributed by atoms with E-state index in [9.17, 15) is 9.59 Å². The van der Waals surface area contributed by atoms with Crippen molar-refractivity contribution in [3.8, 4) is 6.07 Å². The molecule has 0 fully saturated rings. The van der Waals surface area contributed by atoms with Gasteiger partial charge in [0.15, 0.2) is 0 Å². The summed E-state index contributed by atoms with van der Waals surface area (Å²) in [5.41, 5.74) is 4.05. The topological polar surface area (TPSA) is 82.4 Å². The number of hydrogen-bond donors (Lipinski definition) is 1. The van der Waals surface area contributed by atoms with Crippen molar-refractivity contribution < 1.29 is 14.3 Å². The minimum atomic E-state index is -0.223. The number of carbonyl (C=O) groups excluding carboxylic acids is 2. The van der Waals surface area contributed by atoms with E-state index in [2.05, 4.69) is 5.32 Å². The molecule has 6 nitrogen and oxygen atoms in total. The first-order valence-electron chi connectivity index (χ1n) is 8.90.